The normalized spacial score (nSPS) is 12.5. The maximum absolute atomic E-state index is 8.74. The zero-order valence-corrected chi connectivity index (χ0v) is 20.0. The number of hydrogen-bond acceptors (Lipinski definition) is 1. The highest BCUT2D eigenvalue weighted by Gasteiger charge is 1.98. The van der Waals surface area contributed by atoms with Gasteiger partial charge in [0.2, 0.25) is 0 Å². The number of unbranched alkanes of at least 4 members (excludes halogenated alkanes) is 20. The maximum atomic E-state index is 8.74. The summed E-state index contributed by atoms with van der Waals surface area (Å²) >= 11 is 0. The van der Waals surface area contributed by atoms with Crippen LogP contribution in [0.4, 0.5) is 0 Å². The average molecular weight is 397 g/mol. The summed E-state index contributed by atoms with van der Waals surface area (Å²) in [5.74, 6) is 0.943. The Kier molecular flexibility index (Phi) is 25.0. The Hall–Kier alpha value is -0.0400. The summed E-state index contributed by atoms with van der Waals surface area (Å²) in [7, 11) is 0. The van der Waals surface area contributed by atoms with Crippen LogP contribution in [0.1, 0.15) is 162 Å². The van der Waals surface area contributed by atoms with Gasteiger partial charge in [0.25, 0.3) is 0 Å². The van der Waals surface area contributed by atoms with Crippen LogP contribution in [0.2, 0.25) is 0 Å². The van der Waals surface area contributed by atoms with Gasteiger partial charge in [-0.05, 0) is 12.3 Å². The first-order valence-electron chi connectivity index (χ1n) is 13.4. The molecular weight excluding hydrogens is 340 g/mol. The Balaban J connectivity index is 3.00. The summed E-state index contributed by atoms with van der Waals surface area (Å²) in [5, 5.41) is 8.74. The van der Waals surface area contributed by atoms with Crippen molar-refractivity contribution in [2.24, 2.45) is 5.92 Å². The van der Waals surface area contributed by atoms with Crippen LogP contribution in [0.25, 0.3) is 0 Å². The van der Waals surface area contributed by atoms with Gasteiger partial charge in [0, 0.05) is 6.61 Å². The van der Waals surface area contributed by atoms with E-state index < -0.39 is 0 Å². The molecule has 1 atom stereocenters. The van der Waals surface area contributed by atoms with Crippen LogP contribution in [0.5, 0.6) is 0 Å². The second-order valence-electron chi connectivity index (χ2n) is 9.45. The highest BCUT2D eigenvalue weighted by atomic mass is 16.2. The Morgan fingerprint density at radius 1 is 0.429 bits per heavy atom. The van der Waals surface area contributed by atoms with Crippen molar-refractivity contribution in [3.63, 3.8) is 0 Å². The van der Waals surface area contributed by atoms with Gasteiger partial charge in [-0.15, -0.1) is 0 Å². The van der Waals surface area contributed by atoms with Crippen LogP contribution in [-0.4, -0.2) is 11.7 Å². The largest absolute Gasteiger partial charge is 0.396 e. The third-order valence-electron chi connectivity index (χ3n) is 6.55. The lowest BCUT2D eigenvalue weighted by Crippen LogP contribution is -1.91. The smallest absolute Gasteiger partial charge is 0.0431 e. The van der Waals surface area contributed by atoms with Crippen LogP contribution in [-0.2, 0) is 0 Å². The molecule has 0 aromatic rings. The van der Waals surface area contributed by atoms with Crippen LogP contribution in [0.3, 0.4) is 0 Å². The monoisotopic (exact) mass is 396 g/mol. The molecule has 1 nitrogen and oxygen atoms in total. The van der Waals surface area contributed by atoms with Gasteiger partial charge in [0.15, 0.2) is 0 Å². The summed E-state index contributed by atoms with van der Waals surface area (Å²) in [4.78, 5) is 0. The third kappa shape index (κ3) is 24.0. The highest BCUT2D eigenvalue weighted by Crippen LogP contribution is 2.16. The Labute approximate surface area is 179 Å². The van der Waals surface area contributed by atoms with Crippen molar-refractivity contribution in [3.8, 4) is 0 Å². The van der Waals surface area contributed by atoms with E-state index >= 15 is 0 Å². The molecule has 28 heavy (non-hydrogen) atoms. The van der Waals surface area contributed by atoms with E-state index in [9.17, 15) is 0 Å². The van der Waals surface area contributed by atoms with Gasteiger partial charge in [-0.25, -0.2) is 0 Å². The molecule has 0 radical (unpaired) electrons. The van der Waals surface area contributed by atoms with Crippen molar-refractivity contribution < 1.29 is 5.11 Å². The summed E-state index contributed by atoms with van der Waals surface area (Å²) in [5.41, 5.74) is 0. The van der Waals surface area contributed by atoms with Gasteiger partial charge >= 0.3 is 0 Å². The SMILES string of the molecule is CC[C@@H](C)CCCCCCCCCCCCCCCCCCCCCCCO. The lowest BCUT2D eigenvalue weighted by atomic mass is 9.99. The van der Waals surface area contributed by atoms with Gasteiger partial charge in [-0.3, -0.25) is 0 Å². The predicted molar refractivity (Wildman–Crippen MR) is 128 cm³/mol. The molecule has 0 aliphatic heterocycles. The molecule has 0 heterocycles. The Bertz CT molecular complexity index is 263. The van der Waals surface area contributed by atoms with Crippen molar-refractivity contribution in [2.45, 2.75) is 162 Å². The molecule has 0 rings (SSSR count). The molecule has 0 aromatic heterocycles. The van der Waals surface area contributed by atoms with Gasteiger partial charge in [0.05, 0.1) is 0 Å². The van der Waals surface area contributed by atoms with E-state index in [0.29, 0.717) is 6.61 Å². The highest BCUT2D eigenvalue weighted by molar-refractivity contribution is 4.53. The molecule has 0 saturated carbocycles. The van der Waals surface area contributed by atoms with Crippen LogP contribution >= 0.6 is 0 Å². The fourth-order valence-corrected chi connectivity index (χ4v) is 4.17. The topological polar surface area (TPSA) is 20.2 Å². The molecule has 170 valence electrons. The quantitative estimate of drug-likeness (QED) is 0.161. The fraction of sp³-hybridized carbons (Fsp3) is 1.00. The maximum Gasteiger partial charge on any atom is 0.0431 e. The summed E-state index contributed by atoms with van der Waals surface area (Å²) < 4.78 is 0. The summed E-state index contributed by atoms with van der Waals surface area (Å²) in [6.07, 6.45) is 32.6. The van der Waals surface area contributed by atoms with Crippen LogP contribution in [0, 0.1) is 5.92 Å². The van der Waals surface area contributed by atoms with Crippen molar-refractivity contribution in [2.75, 3.05) is 6.61 Å². The van der Waals surface area contributed by atoms with Gasteiger partial charge < -0.3 is 5.11 Å². The molecule has 0 saturated heterocycles. The number of hydrogen-bond donors (Lipinski definition) is 1. The molecule has 0 aromatic carbocycles. The van der Waals surface area contributed by atoms with E-state index in [4.69, 9.17) is 5.11 Å². The molecule has 0 spiro atoms. The van der Waals surface area contributed by atoms with E-state index in [0.717, 1.165) is 12.3 Å². The second-order valence-corrected chi connectivity index (χ2v) is 9.45. The second kappa shape index (κ2) is 25.0. The van der Waals surface area contributed by atoms with Gasteiger partial charge in [-0.2, -0.15) is 0 Å². The summed E-state index contributed by atoms with van der Waals surface area (Å²) in [6, 6.07) is 0. The van der Waals surface area contributed by atoms with E-state index in [1.165, 1.54) is 141 Å². The molecule has 1 N–H and O–H groups in total. The van der Waals surface area contributed by atoms with Crippen LogP contribution < -0.4 is 0 Å². The van der Waals surface area contributed by atoms with Gasteiger partial charge in [-0.1, -0.05) is 155 Å². The molecule has 0 amide bonds. The third-order valence-corrected chi connectivity index (χ3v) is 6.55. The minimum Gasteiger partial charge on any atom is -0.396 e. The van der Waals surface area contributed by atoms with Crippen LogP contribution in [0.15, 0.2) is 0 Å². The molecule has 0 aliphatic carbocycles. The van der Waals surface area contributed by atoms with Crippen molar-refractivity contribution >= 4 is 0 Å². The van der Waals surface area contributed by atoms with E-state index in [1.54, 1.807) is 0 Å². The lowest BCUT2D eigenvalue weighted by Gasteiger charge is -2.07. The van der Waals surface area contributed by atoms with Crippen molar-refractivity contribution in [3.05, 3.63) is 0 Å². The Morgan fingerprint density at radius 2 is 0.679 bits per heavy atom. The minimum atomic E-state index is 0.374. The molecule has 0 unspecified atom stereocenters. The molecule has 1 heteroatoms. The minimum absolute atomic E-state index is 0.374. The number of rotatable bonds is 24. The number of aliphatic hydroxyl groups excluding tert-OH is 1. The molecular formula is C27H56O. The number of aliphatic hydroxyl groups is 1. The molecule has 0 bridgehead atoms. The predicted octanol–water partition coefficient (Wildman–Crippen LogP) is 9.61. The Morgan fingerprint density at radius 3 is 0.929 bits per heavy atom. The van der Waals surface area contributed by atoms with E-state index in [1.807, 2.05) is 0 Å². The molecule has 0 fully saturated rings. The summed E-state index contributed by atoms with van der Waals surface area (Å²) in [6.45, 7) is 5.08. The van der Waals surface area contributed by atoms with E-state index in [-0.39, 0.29) is 0 Å². The first-order valence-corrected chi connectivity index (χ1v) is 13.4. The van der Waals surface area contributed by atoms with Crippen molar-refractivity contribution in [1.82, 2.24) is 0 Å². The molecule has 0 aliphatic rings. The lowest BCUT2D eigenvalue weighted by molar-refractivity contribution is 0.282. The van der Waals surface area contributed by atoms with E-state index in [2.05, 4.69) is 13.8 Å². The van der Waals surface area contributed by atoms with Gasteiger partial charge in [0.1, 0.15) is 0 Å². The standard InChI is InChI=1S/C27H56O/c1-3-27(2)25-23-21-19-17-15-13-11-9-7-5-4-6-8-10-12-14-16-18-20-22-24-26-28/h27-28H,3-26H2,1-2H3/t27-/m1/s1. The first-order chi connectivity index (χ1) is 13.8. The first kappa shape index (κ1) is 28.0. The average Bonchev–Trinajstić information content (AvgIpc) is 2.71. The van der Waals surface area contributed by atoms with Crippen molar-refractivity contribution in [1.29, 1.82) is 0 Å². The fourth-order valence-electron chi connectivity index (χ4n) is 4.17. The zero-order valence-electron chi connectivity index (χ0n) is 20.0. The zero-order chi connectivity index (χ0) is 20.5.